The quantitative estimate of drug-likeness (QED) is 0.894. The van der Waals surface area contributed by atoms with Crippen LogP contribution in [0.5, 0.6) is 11.5 Å². The van der Waals surface area contributed by atoms with E-state index in [9.17, 15) is 5.11 Å². The highest BCUT2D eigenvalue weighted by molar-refractivity contribution is 5.46. The number of nitrogens with zero attached hydrogens (tertiary/aromatic N) is 1. The maximum absolute atomic E-state index is 10.2. The van der Waals surface area contributed by atoms with Gasteiger partial charge in [0.2, 0.25) is 0 Å². The lowest BCUT2D eigenvalue weighted by atomic mass is 9.88. The molecule has 2 atom stereocenters. The summed E-state index contributed by atoms with van der Waals surface area (Å²) in [4.78, 5) is 2.39. The van der Waals surface area contributed by atoms with Crippen molar-refractivity contribution in [2.75, 3.05) is 33.9 Å². The van der Waals surface area contributed by atoms with Crippen molar-refractivity contribution < 1.29 is 14.6 Å². The molecule has 0 aliphatic carbocycles. The Morgan fingerprint density at radius 3 is 2.75 bits per heavy atom. The zero-order chi connectivity index (χ0) is 14.5. The number of hydrogen-bond donors (Lipinski definition) is 1. The van der Waals surface area contributed by atoms with Gasteiger partial charge >= 0.3 is 0 Å². The van der Waals surface area contributed by atoms with E-state index in [1.807, 2.05) is 12.1 Å². The maximum atomic E-state index is 10.2. The van der Waals surface area contributed by atoms with Gasteiger partial charge in [-0.3, -0.25) is 0 Å². The van der Waals surface area contributed by atoms with E-state index in [0.29, 0.717) is 0 Å². The Morgan fingerprint density at radius 1 is 1.30 bits per heavy atom. The minimum Gasteiger partial charge on any atom is -0.493 e. The highest BCUT2D eigenvalue weighted by Crippen LogP contribution is 2.33. The van der Waals surface area contributed by atoms with E-state index in [1.54, 1.807) is 14.2 Å². The van der Waals surface area contributed by atoms with Gasteiger partial charge in [0, 0.05) is 19.0 Å². The molecule has 0 saturated carbocycles. The van der Waals surface area contributed by atoms with Gasteiger partial charge < -0.3 is 19.5 Å². The first-order valence-electron chi connectivity index (χ1n) is 7.29. The topological polar surface area (TPSA) is 41.9 Å². The van der Waals surface area contributed by atoms with Gasteiger partial charge in [0.1, 0.15) is 0 Å². The summed E-state index contributed by atoms with van der Waals surface area (Å²) < 4.78 is 10.8. The summed E-state index contributed by atoms with van der Waals surface area (Å²) in [5.74, 6) is 1.79. The lowest BCUT2D eigenvalue weighted by molar-refractivity contribution is 0.0287. The van der Waals surface area contributed by atoms with Crippen molar-refractivity contribution >= 4 is 0 Å². The summed E-state index contributed by atoms with van der Waals surface area (Å²) >= 11 is 0. The first-order chi connectivity index (χ1) is 9.69. The molecule has 4 nitrogen and oxygen atoms in total. The summed E-state index contributed by atoms with van der Waals surface area (Å²) in [6, 6.07) is 5.93. The molecule has 1 saturated heterocycles. The number of methoxy groups -OCH3 is 2. The Hall–Kier alpha value is -1.26. The molecule has 0 radical (unpaired) electrons. The molecule has 1 aromatic rings. The molecule has 20 heavy (non-hydrogen) atoms. The zero-order valence-electron chi connectivity index (χ0n) is 12.6. The number of piperidine rings is 1. The molecule has 0 spiro atoms. The fraction of sp³-hybridized carbons (Fsp3) is 0.625. The predicted molar refractivity (Wildman–Crippen MR) is 79.5 cm³/mol. The van der Waals surface area contributed by atoms with Crippen molar-refractivity contribution in [3.63, 3.8) is 0 Å². The van der Waals surface area contributed by atoms with Gasteiger partial charge in [-0.05, 0) is 31.0 Å². The van der Waals surface area contributed by atoms with Crippen LogP contribution in [0.2, 0.25) is 0 Å². The first kappa shape index (κ1) is 15.1. The van der Waals surface area contributed by atoms with Crippen molar-refractivity contribution in [2.45, 2.75) is 25.9 Å². The summed E-state index contributed by atoms with van der Waals surface area (Å²) in [6.45, 7) is 5.14. The summed E-state index contributed by atoms with van der Waals surface area (Å²) in [7, 11) is 3.31. The molecule has 2 rings (SSSR count). The SMILES string of the molecule is CCN1CCC(O)C(Cc2cccc(OC)c2OC)C1. The molecule has 0 aromatic heterocycles. The molecule has 0 bridgehead atoms. The lowest BCUT2D eigenvalue weighted by Crippen LogP contribution is -2.43. The van der Waals surface area contributed by atoms with Crippen LogP contribution in [0, 0.1) is 5.92 Å². The van der Waals surface area contributed by atoms with Gasteiger partial charge in [-0.1, -0.05) is 19.1 Å². The van der Waals surface area contributed by atoms with Crippen molar-refractivity contribution in [3.05, 3.63) is 23.8 Å². The van der Waals surface area contributed by atoms with Crippen molar-refractivity contribution in [1.29, 1.82) is 0 Å². The standard InChI is InChI=1S/C16H25NO3/c1-4-17-9-8-14(18)13(11-17)10-12-6-5-7-15(19-2)16(12)20-3/h5-7,13-14,18H,4,8-11H2,1-3H3. The second-order valence-corrected chi connectivity index (χ2v) is 5.37. The number of benzene rings is 1. The monoisotopic (exact) mass is 279 g/mol. The Labute approximate surface area is 121 Å². The lowest BCUT2D eigenvalue weighted by Gasteiger charge is -2.35. The van der Waals surface area contributed by atoms with Gasteiger partial charge in [0.05, 0.1) is 20.3 Å². The highest BCUT2D eigenvalue weighted by atomic mass is 16.5. The van der Waals surface area contributed by atoms with Gasteiger partial charge in [-0.15, -0.1) is 0 Å². The number of para-hydroxylation sites is 1. The largest absolute Gasteiger partial charge is 0.493 e. The molecule has 1 aromatic carbocycles. The van der Waals surface area contributed by atoms with Crippen LogP contribution in [0.4, 0.5) is 0 Å². The third-order valence-electron chi connectivity index (χ3n) is 4.19. The van der Waals surface area contributed by atoms with Gasteiger partial charge in [-0.25, -0.2) is 0 Å². The molecular weight excluding hydrogens is 254 g/mol. The summed E-state index contributed by atoms with van der Waals surface area (Å²) in [5, 5.41) is 10.2. The van der Waals surface area contributed by atoms with Gasteiger partial charge in [0.25, 0.3) is 0 Å². The Balaban J connectivity index is 2.16. The maximum Gasteiger partial charge on any atom is 0.163 e. The number of hydrogen-bond acceptors (Lipinski definition) is 4. The first-order valence-corrected chi connectivity index (χ1v) is 7.29. The second kappa shape index (κ2) is 6.95. The van der Waals surface area contributed by atoms with E-state index in [4.69, 9.17) is 9.47 Å². The van der Waals surface area contributed by atoms with Crippen molar-refractivity contribution in [2.24, 2.45) is 5.92 Å². The number of aliphatic hydroxyl groups is 1. The van der Waals surface area contributed by atoms with Gasteiger partial charge in [0.15, 0.2) is 11.5 Å². The third kappa shape index (κ3) is 3.25. The van der Waals surface area contributed by atoms with E-state index in [2.05, 4.69) is 17.9 Å². The van der Waals surface area contributed by atoms with Crippen molar-refractivity contribution in [1.82, 2.24) is 4.90 Å². The minimum absolute atomic E-state index is 0.228. The van der Waals surface area contributed by atoms with Crippen LogP contribution in [-0.4, -0.2) is 50.0 Å². The minimum atomic E-state index is -0.228. The van der Waals surface area contributed by atoms with Crippen LogP contribution < -0.4 is 9.47 Å². The number of ether oxygens (including phenoxy) is 2. The molecule has 1 heterocycles. The number of aliphatic hydroxyl groups excluding tert-OH is 1. The Morgan fingerprint density at radius 2 is 2.10 bits per heavy atom. The predicted octanol–water partition coefficient (Wildman–Crippen LogP) is 1.95. The highest BCUT2D eigenvalue weighted by Gasteiger charge is 2.28. The molecule has 2 unspecified atom stereocenters. The number of likely N-dealkylation sites (tertiary alicyclic amines) is 1. The van der Waals surface area contributed by atoms with Crippen LogP contribution in [0.1, 0.15) is 18.9 Å². The van der Waals surface area contributed by atoms with E-state index < -0.39 is 0 Å². The molecule has 1 fully saturated rings. The third-order valence-corrected chi connectivity index (χ3v) is 4.19. The van der Waals surface area contributed by atoms with Crippen LogP contribution in [0.15, 0.2) is 18.2 Å². The van der Waals surface area contributed by atoms with Crippen LogP contribution in [-0.2, 0) is 6.42 Å². The number of rotatable bonds is 5. The normalized spacial score (nSPS) is 23.6. The van der Waals surface area contributed by atoms with E-state index in [1.165, 1.54) is 0 Å². The average molecular weight is 279 g/mol. The molecule has 1 N–H and O–H groups in total. The molecule has 0 amide bonds. The fourth-order valence-electron chi connectivity index (χ4n) is 2.98. The van der Waals surface area contributed by atoms with E-state index in [0.717, 1.165) is 49.5 Å². The Bertz CT molecular complexity index is 436. The fourth-order valence-corrected chi connectivity index (χ4v) is 2.98. The van der Waals surface area contributed by atoms with Gasteiger partial charge in [-0.2, -0.15) is 0 Å². The molecule has 112 valence electrons. The van der Waals surface area contributed by atoms with Crippen LogP contribution in [0.3, 0.4) is 0 Å². The smallest absolute Gasteiger partial charge is 0.163 e. The molecule has 1 aliphatic rings. The summed E-state index contributed by atoms with van der Waals surface area (Å²) in [6.07, 6.45) is 1.44. The molecular formula is C16H25NO3. The zero-order valence-corrected chi connectivity index (χ0v) is 12.6. The van der Waals surface area contributed by atoms with E-state index >= 15 is 0 Å². The molecule has 1 aliphatic heterocycles. The van der Waals surface area contributed by atoms with Crippen molar-refractivity contribution in [3.8, 4) is 11.5 Å². The second-order valence-electron chi connectivity index (χ2n) is 5.37. The molecule has 4 heteroatoms. The Kier molecular flexibility index (Phi) is 5.26. The summed E-state index contributed by atoms with van der Waals surface area (Å²) in [5.41, 5.74) is 1.11. The van der Waals surface area contributed by atoms with Crippen LogP contribution >= 0.6 is 0 Å². The van der Waals surface area contributed by atoms with E-state index in [-0.39, 0.29) is 12.0 Å². The van der Waals surface area contributed by atoms with Crippen LogP contribution in [0.25, 0.3) is 0 Å². The average Bonchev–Trinajstić information content (AvgIpc) is 2.49.